The summed E-state index contributed by atoms with van der Waals surface area (Å²) < 4.78 is 5.51. The lowest BCUT2D eigenvalue weighted by molar-refractivity contribution is -0.139. The van der Waals surface area contributed by atoms with Gasteiger partial charge in [0.05, 0.1) is 12.6 Å². The lowest BCUT2D eigenvalue weighted by Crippen LogP contribution is -2.23. The number of aromatic amines is 1. The molecule has 0 amide bonds. The number of aliphatic carboxylic acids is 1. The number of allylic oxidation sites excluding steroid dienone is 1. The fraction of sp³-hybridized carbons (Fsp3) is 0.296. The number of aromatic nitrogens is 1. The van der Waals surface area contributed by atoms with Crippen molar-refractivity contribution >= 4 is 5.97 Å². The molecular formula is C27H30N2O4. The van der Waals surface area contributed by atoms with Gasteiger partial charge in [-0.1, -0.05) is 54.6 Å². The number of ether oxygens (including phenoxy) is 1. The summed E-state index contributed by atoms with van der Waals surface area (Å²) in [5.74, 6) is -0.00768. The quantitative estimate of drug-likeness (QED) is 0.220. The van der Waals surface area contributed by atoms with Crippen LogP contribution in [0.5, 0.6) is 5.75 Å². The highest BCUT2D eigenvalue weighted by Gasteiger charge is 2.21. The number of rotatable bonds is 11. The summed E-state index contributed by atoms with van der Waals surface area (Å²) in [5, 5.41) is 8.92. The monoisotopic (exact) mass is 446 g/mol. The van der Waals surface area contributed by atoms with Crippen LogP contribution in [0.1, 0.15) is 47.1 Å². The van der Waals surface area contributed by atoms with Crippen molar-refractivity contribution in [3.63, 3.8) is 0 Å². The summed E-state index contributed by atoms with van der Waals surface area (Å²) >= 11 is 0. The zero-order valence-corrected chi connectivity index (χ0v) is 18.6. The number of carboxylic acids is 1. The first kappa shape index (κ1) is 22.8. The van der Waals surface area contributed by atoms with E-state index in [-0.39, 0.29) is 18.6 Å². The molecule has 1 aliphatic carbocycles. The van der Waals surface area contributed by atoms with Crippen molar-refractivity contribution in [2.24, 2.45) is 0 Å². The highest BCUT2D eigenvalue weighted by Crippen LogP contribution is 2.37. The largest absolute Gasteiger partial charge is 0.482 e. The second-order valence-electron chi connectivity index (χ2n) is 8.25. The van der Waals surface area contributed by atoms with E-state index in [0.29, 0.717) is 12.4 Å². The van der Waals surface area contributed by atoms with Crippen molar-refractivity contribution in [3.05, 3.63) is 101 Å². The third-order valence-electron chi connectivity index (χ3n) is 5.94. The van der Waals surface area contributed by atoms with Crippen LogP contribution in [-0.4, -0.2) is 29.3 Å². The van der Waals surface area contributed by atoms with Gasteiger partial charge in [0.15, 0.2) is 6.61 Å². The standard InChI is InChI=1S/C27H30N2O4/c30-27(31)19-32-26-13-5-11-23-21(9-4-12-24(23)26)10-6-16-33-29-25(17-20-14-15-28-18-20)22-7-2-1-3-8-22/h1-3,5-8,10-11,13-15,18,21,25,28-29H,4,9,12,16-17,19H2,(H,30,31). The Hall–Kier alpha value is -3.35. The number of carboxylic acid groups (broad SMARTS) is 1. The minimum atomic E-state index is -0.963. The predicted octanol–water partition coefficient (Wildman–Crippen LogP) is 4.96. The second kappa shape index (κ2) is 11.5. The molecule has 3 N–H and O–H groups in total. The SMILES string of the molecule is O=C(O)COc1cccc2c1CCCC2C=CCONC(Cc1cc[nH]c1)c1ccccc1. The lowest BCUT2D eigenvalue weighted by Gasteiger charge is -2.25. The Balaban J connectivity index is 1.35. The van der Waals surface area contributed by atoms with Gasteiger partial charge in [0.25, 0.3) is 0 Å². The summed E-state index contributed by atoms with van der Waals surface area (Å²) in [7, 11) is 0. The summed E-state index contributed by atoms with van der Waals surface area (Å²) in [4.78, 5) is 19.8. The first-order chi connectivity index (χ1) is 16.2. The highest BCUT2D eigenvalue weighted by molar-refractivity contribution is 5.68. The average molecular weight is 447 g/mol. The first-order valence-electron chi connectivity index (χ1n) is 11.4. The van der Waals surface area contributed by atoms with Crippen molar-refractivity contribution in [2.75, 3.05) is 13.2 Å². The van der Waals surface area contributed by atoms with Gasteiger partial charge >= 0.3 is 5.97 Å². The Bertz CT molecular complexity index is 1050. The molecule has 3 aromatic rings. The van der Waals surface area contributed by atoms with Gasteiger partial charge in [-0.05, 0) is 60.1 Å². The molecule has 0 radical (unpaired) electrons. The van der Waals surface area contributed by atoms with Crippen molar-refractivity contribution in [1.82, 2.24) is 10.5 Å². The fourth-order valence-electron chi connectivity index (χ4n) is 4.38. The molecule has 2 atom stereocenters. The van der Waals surface area contributed by atoms with Gasteiger partial charge < -0.3 is 14.8 Å². The van der Waals surface area contributed by atoms with Gasteiger partial charge in [-0.2, -0.15) is 5.48 Å². The minimum absolute atomic E-state index is 0.0553. The zero-order valence-electron chi connectivity index (χ0n) is 18.6. The predicted molar refractivity (Wildman–Crippen MR) is 127 cm³/mol. The lowest BCUT2D eigenvalue weighted by atomic mass is 9.82. The Labute approximate surface area is 194 Å². The number of carbonyl (C=O) groups is 1. The van der Waals surface area contributed by atoms with Crippen LogP contribution in [0.4, 0.5) is 0 Å². The van der Waals surface area contributed by atoms with Gasteiger partial charge in [-0.3, -0.25) is 4.84 Å². The van der Waals surface area contributed by atoms with E-state index in [1.807, 2.05) is 42.7 Å². The molecule has 0 saturated carbocycles. The maximum Gasteiger partial charge on any atom is 0.341 e. The van der Waals surface area contributed by atoms with Gasteiger partial charge in [0.1, 0.15) is 5.75 Å². The van der Waals surface area contributed by atoms with Crippen molar-refractivity contribution in [3.8, 4) is 5.75 Å². The number of benzene rings is 2. The number of hydroxylamine groups is 1. The number of hydrogen-bond donors (Lipinski definition) is 3. The molecule has 4 rings (SSSR count). The summed E-state index contributed by atoms with van der Waals surface area (Å²) in [6.45, 7) is 0.138. The molecule has 0 spiro atoms. The average Bonchev–Trinajstić information content (AvgIpc) is 3.35. The van der Waals surface area contributed by atoms with Crippen molar-refractivity contribution in [1.29, 1.82) is 0 Å². The van der Waals surface area contributed by atoms with Crippen LogP contribution >= 0.6 is 0 Å². The van der Waals surface area contributed by atoms with E-state index in [0.717, 1.165) is 31.2 Å². The molecule has 172 valence electrons. The van der Waals surface area contributed by atoms with Crippen LogP contribution in [0.15, 0.2) is 79.1 Å². The third-order valence-corrected chi connectivity index (χ3v) is 5.94. The summed E-state index contributed by atoms with van der Waals surface area (Å²) in [6, 6.07) is 18.3. The summed E-state index contributed by atoms with van der Waals surface area (Å²) in [5.41, 5.74) is 7.95. The molecule has 1 aromatic heterocycles. The molecule has 0 fully saturated rings. The smallest absolute Gasteiger partial charge is 0.341 e. The molecule has 6 nitrogen and oxygen atoms in total. The van der Waals surface area contributed by atoms with Crippen LogP contribution in [0, 0.1) is 0 Å². The zero-order chi connectivity index (χ0) is 22.9. The van der Waals surface area contributed by atoms with Crippen LogP contribution in [0.3, 0.4) is 0 Å². The van der Waals surface area contributed by atoms with Crippen molar-refractivity contribution in [2.45, 2.75) is 37.6 Å². The topological polar surface area (TPSA) is 83.6 Å². The van der Waals surface area contributed by atoms with Gasteiger partial charge in [-0.25, -0.2) is 4.79 Å². The van der Waals surface area contributed by atoms with E-state index < -0.39 is 5.97 Å². The Morgan fingerprint density at radius 2 is 2.06 bits per heavy atom. The normalized spacial score (nSPS) is 16.4. The first-order valence-corrected chi connectivity index (χ1v) is 11.4. The van der Waals surface area contributed by atoms with E-state index in [1.165, 1.54) is 16.7 Å². The van der Waals surface area contributed by atoms with Crippen LogP contribution < -0.4 is 10.2 Å². The van der Waals surface area contributed by atoms with Crippen LogP contribution in [0.2, 0.25) is 0 Å². The minimum Gasteiger partial charge on any atom is -0.482 e. The highest BCUT2D eigenvalue weighted by atomic mass is 16.6. The molecule has 33 heavy (non-hydrogen) atoms. The van der Waals surface area contributed by atoms with E-state index >= 15 is 0 Å². The number of fused-ring (bicyclic) bond motifs is 1. The molecule has 1 heterocycles. The third kappa shape index (κ3) is 6.34. The van der Waals surface area contributed by atoms with E-state index in [1.54, 1.807) is 0 Å². The molecule has 1 aliphatic rings. The molecule has 0 saturated heterocycles. The second-order valence-corrected chi connectivity index (χ2v) is 8.25. The molecule has 2 unspecified atom stereocenters. The van der Waals surface area contributed by atoms with E-state index in [4.69, 9.17) is 14.7 Å². The van der Waals surface area contributed by atoms with E-state index in [2.05, 4.69) is 46.9 Å². The van der Waals surface area contributed by atoms with Gasteiger partial charge in [0, 0.05) is 18.3 Å². The molecular weight excluding hydrogens is 416 g/mol. The van der Waals surface area contributed by atoms with Gasteiger partial charge in [0.2, 0.25) is 0 Å². The number of hydrogen-bond acceptors (Lipinski definition) is 4. The maximum absolute atomic E-state index is 10.9. The maximum atomic E-state index is 10.9. The Morgan fingerprint density at radius 1 is 1.18 bits per heavy atom. The summed E-state index contributed by atoms with van der Waals surface area (Å²) in [6.07, 6.45) is 12.0. The Morgan fingerprint density at radius 3 is 2.85 bits per heavy atom. The molecule has 0 aliphatic heterocycles. The Kier molecular flexibility index (Phi) is 7.95. The van der Waals surface area contributed by atoms with Crippen LogP contribution in [0.25, 0.3) is 0 Å². The van der Waals surface area contributed by atoms with Gasteiger partial charge in [-0.15, -0.1) is 0 Å². The number of H-pyrrole nitrogens is 1. The van der Waals surface area contributed by atoms with E-state index in [9.17, 15) is 4.79 Å². The van der Waals surface area contributed by atoms with Crippen molar-refractivity contribution < 1.29 is 19.5 Å². The fourth-order valence-corrected chi connectivity index (χ4v) is 4.38. The molecule has 0 bridgehead atoms. The number of nitrogens with one attached hydrogen (secondary N) is 2. The molecule has 2 aromatic carbocycles. The van der Waals surface area contributed by atoms with Crippen LogP contribution in [-0.2, 0) is 22.5 Å². The molecule has 6 heteroatoms.